The molecule has 1 fully saturated rings. The number of hydrogen-bond donors (Lipinski definition) is 2. The van der Waals surface area contributed by atoms with Crippen molar-refractivity contribution in [1.29, 1.82) is 0 Å². The van der Waals surface area contributed by atoms with Crippen LogP contribution in [0.15, 0.2) is 36.7 Å². The minimum Gasteiger partial charge on any atom is -0.352 e. The zero-order valence-corrected chi connectivity index (χ0v) is 16.9. The van der Waals surface area contributed by atoms with Crippen molar-refractivity contribution < 1.29 is 14.0 Å². The third-order valence-corrected chi connectivity index (χ3v) is 5.16. The predicted octanol–water partition coefficient (Wildman–Crippen LogP) is 2.19. The molecule has 1 aromatic heterocycles. The van der Waals surface area contributed by atoms with Crippen LogP contribution in [-0.4, -0.2) is 51.7 Å². The van der Waals surface area contributed by atoms with Crippen molar-refractivity contribution in [2.24, 2.45) is 0 Å². The summed E-state index contributed by atoms with van der Waals surface area (Å²) in [5.74, 6) is -0.842. The number of rotatable bonds is 7. The smallest absolute Gasteiger partial charge is 0.241 e. The molecule has 2 aromatic rings. The largest absolute Gasteiger partial charge is 0.352 e. The Kier molecular flexibility index (Phi) is 6.98. The van der Waals surface area contributed by atoms with Crippen LogP contribution in [0.2, 0.25) is 0 Å². The second-order valence-electron chi connectivity index (χ2n) is 7.71. The van der Waals surface area contributed by atoms with E-state index in [-0.39, 0.29) is 30.8 Å². The molecule has 0 bridgehead atoms. The Balaban J connectivity index is 1.44. The van der Waals surface area contributed by atoms with Gasteiger partial charge in [-0.3, -0.25) is 14.3 Å². The first-order valence-corrected chi connectivity index (χ1v) is 10.00. The van der Waals surface area contributed by atoms with Crippen LogP contribution in [-0.2, 0) is 22.6 Å². The molecule has 1 aliphatic heterocycles. The molecular formula is C21H28FN5O2. The number of carbonyl (C=O) groups is 2. The molecule has 0 aliphatic carbocycles. The second kappa shape index (κ2) is 9.65. The quantitative estimate of drug-likeness (QED) is 0.746. The number of aromatic nitrogens is 2. The van der Waals surface area contributed by atoms with Crippen molar-refractivity contribution in [2.45, 2.75) is 51.7 Å². The Labute approximate surface area is 170 Å². The first kappa shape index (κ1) is 21.0. The molecule has 0 radical (unpaired) electrons. The van der Waals surface area contributed by atoms with Crippen molar-refractivity contribution in [2.75, 3.05) is 18.4 Å². The summed E-state index contributed by atoms with van der Waals surface area (Å²) in [5.41, 5.74) is 0.810. The van der Waals surface area contributed by atoms with Gasteiger partial charge in [0.15, 0.2) is 0 Å². The lowest BCUT2D eigenvalue weighted by molar-refractivity contribution is -0.123. The van der Waals surface area contributed by atoms with Crippen molar-refractivity contribution in [3.63, 3.8) is 0 Å². The maximum atomic E-state index is 13.6. The Bertz CT molecular complexity index is 843. The number of amides is 2. The Morgan fingerprint density at radius 2 is 1.93 bits per heavy atom. The third-order valence-electron chi connectivity index (χ3n) is 5.16. The number of nitrogens with one attached hydrogen (secondary N) is 2. The van der Waals surface area contributed by atoms with Gasteiger partial charge < -0.3 is 15.5 Å². The van der Waals surface area contributed by atoms with E-state index >= 15 is 0 Å². The number of carbonyl (C=O) groups excluding carboxylic acids is 2. The van der Waals surface area contributed by atoms with Gasteiger partial charge in [0.2, 0.25) is 11.8 Å². The predicted molar refractivity (Wildman–Crippen MR) is 109 cm³/mol. The van der Waals surface area contributed by atoms with Crippen LogP contribution in [0.1, 0.15) is 32.3 Å². The topological polar surface area (TPSA) is 79.3 Å². The van der Waals surface area contributed by atoms with Crippen LogP contribution in [0.4, 0.5) is 10.1 Å². The highest BCUT2D eigenvalue weighted by Gasteiger charge is 2.22. The molecular weight excluding hydrogens is 373 g/mol. The van der Waals surface area contributed by atoms with Gasteiger partial charge in [0.25, 0.3) is 0 Å². The van der Waals surface area contributed by atoms with E-state index in [0.717, 1.165) is 25.9 Å². The Morgan fingerprint density at radius 1 is 1.21 bits per heavy atom. The van der Waals surface area contributed by atoms with E-state index < -0.39 is 5.82 Å². The zero-order chi connectivity index (χ0) is 20.8. The van der Waals surface area contributed by atoms with Gasteiger partial charge in [-0.2, -0.15) is 5.10 Å². The molecule has 7 nitrogen and oxygen atoms in total. The first-order chi connectivity index (χ1) is 13.9. The monoisotopic (exact) mass is 401 g/mol. The van der Waals surface area contributed by atoms with E-state index in [9.17, 15) is 14.0 Å². The SMILES string of the molecule is CC(C)N1CCC(NC(=O)Cn2cc(NC(=O)Cc3ccccc3F)cn2)CC1. The number of halogens is 1. The lowest BCUT2D eigenvalue weighted by Crippen LogP contribution is -2.47. The summed E-state index contributed by atoms with van der Waals surface area (Å²) >= 11 is 0. The highest BCUT2D eigenvalue weighted by atomic mass is 19.1. The summed E-state index contributed by atoms with van der Waals surface area (Å²) in [7, 11) is 0. The van der Waals surface area contributed by atoms with E-state index in [0.29, 0.717) is 17.3 Å². The number of anilines is 1. The standard InChI is InChI=1S/C21H28FN5O2/c1-15(2)26-9-7-17(8-10-26)24-21(29)14-27-13-18(12-23-27)25-20(28)11-16-5-3-4-6-19(16)22/h3-6,12-13,15,17H,7-11,14H2,1-2H3,(H,24,29)(H,25,28). The van der Waals surface area contributed by atoms with E-state index in [1.54, 1.807) is 24.4 Å². The lowest BCUT2D eigenvalue weighted by atomic mass is 10.0. The maximum absolute atomic E-state index is 13.6. The van der Waals surface area contributed by atoms with Crippen LogP contribution in [0, 0.1) is 5.82 Å². The molecule has 2 N–H and O–H groups in total. The maximum Gasteiger partial charge on any atom is 0.241 e. The molecule has 2 heterocycles. The number of likely N-dealkylation sites (tertiary alicyclic amines) is 1. The van der Waals surface area contributed by atoms with Gasteiger partial charge >= 0.3 is 0 Å². The Morgan fingerprint density at radius 3 is 2.62 bits per heavy atom. The molecule has 156 valence electrons. The van der Waals surface area contributed by atoms with Crippen molar-refractivity contribution in [1.82, 2.24) is 20.0 Å². The fourth-order valence-corrected chi connectivity index (χ4v) is 3.52. The highest BCUT2D eigenvalue weighted by Crippen LogP contribution is 2.13. The minimum atomic E-state index is -0.408. The highest BCUT2D eigenvalue weighted by molar-refractivity contribution is 5.92. The van der Waals surface area contributed by atoms with Crippen LogP contribution in [0.25, 0.3) is 0 Å². The van der Waals surface area contributed by atoms with Gasteiger partial charge in [0, 0.05) is 31.4 Å². The first-order valence-electron chi connectivity index (χ1n) is 10.00. The molecule has 8 heteroatoms. The fraction of sp³-hybridized carbons (Fsp3) is 0.476. The van der Waals surface area contributed by atoms with Crippen molar-refractivity contribution in [3.05, 3.63) is 48.0 Å². The summed E-state index contributed by atoms with van der Waals surface area (Å²) in [6.07, 6.45) is 4.90. The van der Waals surface area contributed by atoms with Crippen LogP contribution >= 0.6 is 0 Å². The molecule has 0 saturated carbocycles. The zero-order valence-electron chi connectivity index (χ0n) is 16.9. The third kappa shape index (κ3) is 6.12. The fourth-order valence-electron chi connectivity index (χ4n) is 3.52. The van der Waals surface area contributed by atoms with Gasteiger partial charge in [-0.25, -0.2) is 4.39 Å². The molecule has 2 amide bonds. The van der Waals surface area contributed by atoms with Gasteiger partial charge in [0.1, 0.15) is 12.4 Å². The number of benzene rings is 1. The van der Waals surface area contributed by atoms with Crippen LogP contribution in [0.5, 0.6) is 0 Å². The molecule has 0 atom stereocenters. The average molecular weight is 401 g/mol. The Hall–Kier alpha value is -2.74. The molecule has 0 spiro atoms. The summed E-state index contributed by atoms with van der Waals surface area (Å²) in [5, 5.41) is 9.86. The number of nitrogens with zero attached hydrogens (tertiary/aromatic N) is 3. The molecule has 29 heavy (non-hydrogen) atoms. The van der Waals surface area contributed by atoms with E-state index in [1.165, 1.54) is 16.9 Å². The summed E-state index contributed by atoms with van der Waals surface area (Å²) < 4.78 is 15.1. The van der Waals surface area contributed by atoms with E-state index in [4.69, 9.17) is 0 Å². The van der Waals surface area contributed by atoms with Crippen molar-refractivity contribution >= 4 is 17.5 Å². The summed E-state index contributed by atoms with van der Waals surface area (Å²) in [6, 6.07) is 6.89. The van der Waals surface area contributed by atoms with Gasteiger partial charge in [-0.1, -0.05) is 18.2 Å². The van der Waals surface area contributed by atoms with E-state index in [2.05, 4.69) is 34.5 Å². The normalized spacial score (nSPS) is 15.4. The van der Waals surface area contributed by atoms with Gasteiger partial charge in [-0.05, 0) is 38.3 Å². The molecule has 3 rings (SSSR count). The average Bonchev–Trinajstić information content (AvgIpc) is 3.10. The molecule has 1 saturated heterocycles. The van der Waals surface area contributed by atoms with Crippen LogP contribution in [0.3, 0.4) is 0 Å². The van der Waals surface area contributed by atoms with Gasteiger partial charge in [0.05, 0.1) is 18.3 Å². The summed E-state index contributed by atoms with van der Waals surface area (Å²) in [4.78, 5) is 26.8. The van der Waals surface area contributed by atoms with Gasteiger partial charge in [-0.15, -0.1) is 0 Å². The summed E-state index contributed by atoms with van der Waals surface area (Å²) in [6.45, 7) is 6.44. The molecule has 1 aromatic carbocycles. The number of piperidine rings is 1. The molecule has 0 unspecified atom stereocenters. The van der Waals surface area contributed by atoms with E-state index in [1.807, 2.05) is 0 Å². The minimum absolute atomic E-state index is 0.0621. The van der Waals surface area contributed by atoms with Crippen molar-refractivity contribution in [3.8, 4) is 0 Å². The second-order valence-corrected chi connectivity index (χ2v) is 7.71. The molecule has 1 aliphatic rings. The van der Waals surface area contributed by atoms with Crippen LogP contribution < -0.4 is 10.6 Å². The number of hydrogen-bond acceptors (Lipinski definition) is 4. The lowest BCUT2D eigenvalue weighted by Gasteiger charge is -2.34.